The average Bonchev–Trinajstić information content (AvgIpc) is 2.81. The topological polar surface area (TPSA) is 55.7 Å². The minimum atomic E-state index is -1.21. The van der Waals surface area contributed by atoms with Crippen molar-refractivity contribution in [3.8, 4) is 0 Å². The molecule has 0 radical (unpaired) electrons. The van der Waals surface area contributed by atoms with Crippen LogP contribution in [0, 0.1) is 10.1 Å². The molecule has 0 saturated carbocycles. The first-order valence-electron chi connectivity index (χ1n) is 4.02. The Morgan fingerprint density at radius 1 is 1.46 bits per heavy atom. The Morgan fingerprint density at radius 3 is 2.54 bits per heavy atom. The second kappa shape index (κ2) is 2.53. The molecule has 1 aromatic rings. The monoisotopic (exact) mass is 179 g/mol. The van der Waals surface area contributed by atoms with Gasteiger partial charge in [-0.2, -0.15) is 0 Å². The fourth-order valence-corrected chi connectivity index (χ4v) is 1.35. The first-order valence-corrected chi connectivity index (χ1v) is 4.02. The molecule has 1 aliphatic heterocycles. The zero-order valence-corrected chi connectivity index (χ0v) is 7.14. The average molecular weight is 179 g/mol. The summed E-state index contributed by atoms with van der Waals surface area (Å²) in [4.78, 5) is 10.2. The van der Waals surface area contributed by atoms with E-state index in [1.165, 1.54) is 6.92 Å². The highest BCUT2D eigenvalue weighted by Gasteiger charge is 2.65. The Bertz CT molecular complexity index is 338. The van der Waals surface area contributed by atoms with E-state index < -0.39 is 5.72 Å². The maximum atomic E-state index is 10.5. The largest absolute Gasteiger partial charge is 0.353 e. The van der Waals surface area contributed by atoms with Crippen LogP contribution in [0.3, 0.4) is 0 Å². The van der Waals surface area contributed by atoms with Crippen LogP contribution in [0.15, 0.2) is 30.3 Å². The third kappa shape index (κ3) is 1.19. The molecule has 1 saturated heterocycles. The fraction of sp³-hybridized carbons (Fsp3) is 0.333. The summed E-state index contributed by atoms with van der Waals surface area (Å²) in [5.41, 5.74) is -0.344. The highest BCUT2D eigenvalue weighted by Crippen LogP contribution is 2.49. The van der Waals surface area contributed by atoms with Crippen LogP contribution in [0.2, 0.25) is 0 Å². The lowest BCUT2D eigenvalue weighted by atomic mass is 10.1. The molecule has 4 nitrogen and oxygen atoms in total. The van der Waals surface area contributed by atoms with E-state index in [0.717, 1.165) is 5.56 Å². The molecule has 0 bridgehead atoms. The summed E-state index contributed by atoms with van der Waals surface area (Å²) in [6.45, 7) is 1.49. The summed E-state index contributed by atoms with van der Waals surface area (Å²) >= 11 is 0. The van der Waals surface area contributed by atoms with Crippen LogP contribution >= 0.6 is 0 Å². The van der Waals surface area contributed by atoms with E-state index in [4.69, 9.17) is 4.74 Å². The SMILES string of the molecule is C[C@]1([N+](=O)[O-])O[C@@H]1c1ccccc1. The molecule has 68 valence electrons. The van der Waals surface area contributed by atoms with Crippen molar-refractivity contribution < 1.29 is 9.66 Å². The third-order valence-electron chi connectivity index (χ3n) is 2.25. The van der Waals surface area contributed by atoms with Crippen LogP contribution in [0.1, 0.15) is 18.6 Å². The molecular formula is C9H9NO3. The van der Waals surface area contributed by atoms with Crippen molar-refractivity contribution >= 4 is 0 Å². The normalized spacial score (nSPS) is 31.3. The van der Waals surface area contributed by atoms with Crippen LogP contribution < -0.4 is 0 Å². The molecule has 1 aromatic carbocycles. The molecule has 1 fully saturated rings. The maximum Gasteiger partial charge on any atom is 0.353 e. The molecule has 0 spiro atoms. The molecule has 0 N–H and O–H groups in total. The predicted octanol–water partition coefficient (Wildman–Crippen LogP) is 1.75. The van der Waals surface area contributed by atoms with Gasteiger partial charge in [0.1, 0.15) is 0 Å². The van der Waals surface area contributed by atoms with Gasteiger partial charge in [0.05, 0.1) is 4.92 Å². The van der Waals surface area contributed by atoms with Gasteiger partial charge < -0.3 is 0 Å². The molecule has 0 unspecified atom stereocenters. The smallest absolute Gasteiger partial charge is 0.294 e. The molecule has 2 rings (SSSR count). The Labute approximate surface area is 75.3 Å². The number of hydrogen-bond acceptors (Lipinski definition) is 3. The molecule has 0 aromatic heterocycles. The summed E-state index contributed by atoms with van der Waals surface area (Å²) in [5, 5.41) is 10.5. The van der Waals surface area contributed by atoms with E-state index in [1.807, 2.05) is 30.3 Å². The number of nitro groups is 1. The molecule has 2 atom stereocenters. The van der Waals surface area contributed by atoms with Gasteiger partial charge in [-0.1, -0.05) is 30.3 Å². The van der Waals surface area contributed by atoms with Crippen molar-refractivity contribution in [1.29, 1.82) is 0 Å². The standard InChI is InChI=1S/C9H9NO3/c1-9(10(11)12)8(13-9)7-5-3-2-4-6-7/h2-6,8H,1H3/t8-,9+/m1/s1. The van der Waals surface area contributed by atoms with Gasteiger partial charge in [0.15, 0.2) is 6.10 Å². The quantitative estimate of drug-likeness (QED) is 0.395. The van der Waals surface area contributed by atoms with Crippen LogP contribution in [-0.2, 0) is 4.74 Å². The first-order chi connectivity index (χ1) is 6.14. The van der Waals surface area contributed by atoms with Gasteiger partial charge in [-0.3, -0.25) is 14.9 Å². The van der Waals surface area contributed by atoms with Crippen molar-refractivity contribution in [1.82, 2.24) is 0 Å². The number of hydrogen-bond donors (Lipinski definition) is 0. The summed E-state index contributed by atoms with van der Waals surface area (Å²) < 4.78 is 5.05. The number of rotatable bonds is 2. The van der Waals surface area contributed by atoms with Gasteiger partial charge in [0.25, 0.3) is 0 Å². The Balaban J connectivity index is 2.21. The van der Waals surface area contributed by atoms with Crippen LogP contribution in [0.5, 0.6) is 0 Å². The van der Waals surface area contributed by atoms with Gasteiger partial charge in [-0.25, -0.2) is 0 Å². The summed E-state index contributed by atoms with van der Waals surface area (Å²) in [7, 11) is 0. The van der Waals surface area contributed by atoms with Gasteiger partial charge in [-0.05, 0) is 5.56 Å². The maximum absolute atomic E-state index is 10.5. The van der Waals surface area contributed by atoms with E-state index in [1.54, 1.807) is 0 Å². The second-order valence-corrected chi connectivity index (χ2v) is 3.22. The van der Waals surface area contributed by atoms with Crippen molar-refractivity contribution in [2.45, 2.75) is 18.8 Å². The van der Waals surface area contributed by atoms with Gasteiger partial charge in [0, 0.05) is 6.92 Å². The summed E-state index contributed by atoms with van der Waals surface area (Å²) in [6, 6.07) is 9.23. The molecule has 13 heavy (non-hydrogen) atoms. The Kier molecular flexibility index (Phi) is 1.60. The highest BCUT2D eigenvalue weighted by molar-refractivity contribution is 5.23. The predicted molar refractivity (Wildman–Crippen MR) is 45.7 cm³/mol. The molecular weight excluding hydrogens is 170 g/mol. The lowest BCUT2D eigenvalue weighted by Crippen LogP contribution is -2.19. The number of epoxide rings is 1. The van der Waals surface area contributed by atoms with Gasteiger partial charge >= 0.3 is 5.72 Å². The fourth-order valence-electron chi connectivity index (χ4n) is 1.35. The zero-order valence-electron chi connectivity index (χ0n) is 7.14. The van der Waals surface area contributed by atoms with E-state index in [9.17, 15) is 10.1 Å². The molecule has 0 amide bonds. The minimum absolute atomic E-state index is 0.384. The second-order valence-electron chi connectivity index (χ2n) is 3.22. The van der Waals surface area contributed by atoms with Crippen molar-refractivity contribution in [2.24, 2.45) is 0 Å². The van der Waals surface area contributed by atoms with Crippen LogP contribution in [-0.4, -0.2) is 10.6 Å². The Hall–Kier alpha value is -1.42. The van der Waals surface area contributed by atoms with Crippen LogP contribution in [0.25, 0.3) is 0 Å². The lowest BCUT2D eigenvalue weighted by Gasteiger charge is -1.96. The number of nitrogens with zero attached hydrogens (tertiary/aromatic N) is 1. The molecule has 0 aliphatic carbocycles. The first kappa shape index (κ1) is 8.19. The molecule has 4 heteroatoms. The van der Waals surface area contributed by atoms with Crippen molar-refractivity contribution in [3.63, 3.8) is 0 Å². The summed E-state index contributed by atoms with van der Waals surface area (Å²) in [6.07, 6.45) is -0.385. The summed E-state index contributed by atoms with van der Waals surface area (Å²) in [5.74, 6) is 0. The van der Waals surface area contributed by atoms with E-state index >= 15 is 0 Å². The van der Waals surface area contributed by atoms with Crippen molar-refractivity contribution in [2.75, 3.05) is 0 Å². The van der Waals surface area contributed by atoms with E-state index in [-0.39, 0.29) is 11.0 Å². The molecule has 1 heterocycles. The molecule has 1 aliphatic rings. The highest BCUT2D eigenvalue weighted by atomic mass is 16.7. The van der Waals surface area contributed by atoms with Gasteiger partial charge in [-0.15, -0.1) is 0 Å². The lowest BCUT2D eigenvalue weighted by molar-refractivity contribution is -0.558. The number of ether oxygens (including phenoxy) is 1. The Morgan fingerprint density at radius 2 is 2.08 bits per heavy atom. The van der Waals surface area contributed by atoms with Crippen LogP contribution in [0.4, 0.5) is 0 Å². The third-order valence-corrected chi connectivity index (χ3v) is 2.25. The van der Waals surface area contributed by atoms with Gasteiger partial charge in [0.2, 0.25) is 0 Å². The zero-order chi connectivity index (χ0) is 9.47. The van der Waals surface area contributed by atoms with Crippen molar-refractivity contribution in [3.05, 3.63) is 46.0 Å². The van der Waals surface area contributed by atoms with E-state index in [0.29, 0.717) is 0 Å². The minimum Gasteiger partial charge on any atom is -0.294 e. The van der Waals surface area contributed by atoms with E-state index in [2.05, 4.69) is 0 Å². The number of benzene rings is 1.